The third kappa shape index (κ3) is 5.55. The molecule has 0 spiro atoms. The van der Waals surface area contributed by atoms with Crippen LogP contribution in [0.25, 0.3) is 0 Å². The third-order valence-corrected chi connectivity index (χ3v) is 8.31. The predicted octanol–water partition coefficient (Wildman–Crippen LogP) is 5.02. The highest BCUT2D eigenvalue weighted by Crippen LogP contribution is 2.31. The van der Waals surface area contributed by atoms with Crippen LogP contribution in [0, 0.1) is 0 Å². The normalized spacial score (nSPS) is 19.2. The molecule has 0 radical (unpaired) electrons. The van der Waals surface area contributed by atoms with Crippen LogP contribution in [-0.4, -0.2) is 42.2 Å². The van der Waals surface area contributed by atoms with Crippen LogP contribution in [0.2, 0.25) is 5.02 Å². The zero-order chi connectivity index (χ0) is 23.4. The van der Waals surface area contributed by atoms with Crippen LogP contribution in [-0.2, 0) is 21.2 Å². The quantitative estimate of drug-likeness (QED) is 0.505. The van der Waals surface area contributed by atoms with E-state index < -0.39 is 27.1 Å². The first-order valence-electron chi connectivity index (χ1n) is 10.6. The number of benzene rings is 3. The predicted molar refractivity (Wildman–Crippen MR) is 126 cm³/mol. The Bertz CT molecular complexity index is 1200. The Balaban J connectivity index is 1.46. The van der Waals surface area contributed by atoms with E-state index in [-0.39, 0.29) is 11.3 Å². The van der Waals surface area contributed by atoms with Crippen LogP contribution < -0.4 is 4.74 Å². The van der Waals surface area contributed by atoms with Crippen LogP contribution in [0.15, 0.2) is 83.8 Å². The van der Waals surface area contributed by atoms with Crippen LogP contribution in [0.3, 0.4) is 0 Å². The summed E-state index contributed by atoms with van der Waals surface area (Å²) in [6, 6.07) is 21.8. The van der Waals surface area contributed by atoms with Gasteiger partial charge in [-0.05, 0) is 66.9 Å². The molecule has 8 heteroatoms. The van der Waals surface area contributed by atoms with Crippen molar-refractivity contribution >= 4 is 27.4 Å². The lowest BCUT2D eigenvalue weighted by molar-refractivity contribution is -0.144. The molecule has 1 saturated heterocycles. The van der Waals surface area contributed by atoms with Gasteiger partial charge < -0.3 is 9.84 Å². The first kappa shape index (κ1) is 23.3. The highest BCUT2D eigenvalue weighted by Gasteiger charge is 2.39. The smallest absolute Gasteiger partial charge is 0.320 e. The average Bonchev–Trinajstić information content (AvgIpc) is 2.81. The van der Waals surface area contributed by atoms with E-state index in [0.29, 0.717) is 36.0 Å². The van der Waals surface area contributed by atoms with E-state index in [2.05, 4.69) is 0 Å². The van der Waals surface area contributed by atoms with Crippen molar-refractivity contribution in [2.75, 3.05) is 6.54 Å². The number of carbonyl (C=O) groups is 1. The second-order valence-corrected chi connectivity index (χ2v) is 10.7. The number of aliphatic carboxylic acids is 1. The second-order valence-electron chi connectivity index (χ2n) is 8.03. The summed E-state index contributed by atoms with van der Waals surface area (Å²) >= 11 is 5.88. The Hall–Kier alpha value is -2.87. The topological polar surface area (TPSA) is 83.9 Å². The van der Waals surface area contributed by atoms with Gasteiger partial charge in [-0.1, -0.05) is 41.9 Å². The van der Waals surface area contributed by atoms with Gasteiger partial charge in [-0.2, -0.15) is 0 Å². The molecule has 3 aromatic rings. The van der Waals surface area contributed by atoms with Crippen molar-refractivity contribution in [1.82, 2.24) is 4.90 Å². The minimum absolute atomic E-state index is 0.0491. The summed E-state index contributed by atoms with van der Waals surface area (Å²) in [7, 11) is -3.68. The lowest BCUT2D eigenvalue weighted by Gasteiger charge is -2.36. The van der Waals surface area contributed by atoms with E-state index >= 15 is 0 Å². The molecule has 1 heterocycles. The van der Waals surface area contributed by atoms with Gasteiger partial charge in [0.1, 0.15) is 17.5 Å². The molecular weight excluding hydrogens is 462 g/mol. The Morgan fingerprint density at radius 3 is 2.18 bits per heavy atom. The first-order chi connectivity index (χ1) is 15.8. The highest BCUT2D eigenvalue weighted by molar-refractivity contribution is 7.92. The standard InChI is InChI=1S/C25H24ClNO5S/c26-19-6-8-20(9-7-19)32-21-10-12-22(13-11-21)33(30,31)23-14-15-27(24(16-23)25(28)29)17-18-4-2-1-3-5-18/h1-13,23-24H,14-17H2,(H,28,29). The molecule has 2 unspecified atom stereocenters. The molecule has 33 heavy (non-hydrogen) atoms. The molecule has 0 saturated carbocycles. The molecule has 0 aliphatic carbocycles. The van der Waals surface area contributed by atoms with Crippen LogP contribution >= 0.6 is 11.6 Å². The lowest BCUT2D eigenvalue weighted by Crippen LogP contribution is -2.49. The summed E-state index contributed by atoms with van der Waals surface area (Å²) in [6.07, 6.45) is 0.426. The van der Waals surface area contributed by atoms with Gasteiger partial charge in [-0.15, -0.1) is 0 Å². The minimum Gasteiger partial charge on any atom is -0.480 e. The van der Waals surface area contributed by atoms with Crippen molar-refractivity contribution in [1.29, 1.82) is 0 Å². The van der Waals surface area contributed by atoms with E-state index in [1.807, 2.05) is 35.2 Å². The van der Waals surface area contributed by atoms with Crippen LogP contribution in [0.5, 0.6) is 11.5 Å². The number of nitrogens with zero attached hydrogens (tertiary/aromatic N) is 1. The van der Waals surface area contributed by atoms with Gasteiger partial charge >= 0.3 is 5.97 Å². The van der Waals surface area contributed by atoms with Crippen molar-refractivity contribution in [3.63, 3.8) is 0 Å². The number of sulfone groups is 1. The van der Waals surface area contributed by atoms with Crippen molar-refractivity contribution in [3.05, 3.63) is 89.4 Å². The molecule has 0 aromatic heterocycles. The Labute approximate surface area is 198 Å². The number of halogens is 1. The minimum atomic E-state index is -3.68. The van der Waals surface area contributed by atoms with E-state index in [0.717, 1.165) is 5.56 Å². The van der Waals surface area contributed by atoms with E-state index in [4.69, 9.17) is 16.3 Å². The average molecular weight is 486 g/mol. The monoisotopic (exact) mass is 485 g/mol. The van der Waals surface area contributed by atoms with Gasteiger partial charge in [0.05, 0.1) is 10.1 Å². The number of hydrogen-bond donors (Lipinski definition) is 1. The Morgan fingerprint density at radius 2 is 1.58 bits per heavy atom. The zero-order valence-corrected chi connectivity index (χ0v) is 19.4. The molecule has 1 aliphatic rings. The van der Waals surface area contributed by atoms with Gasteiger partial charge in [0, 0.05) is 18.1 Å². The van der Waals surface area contributed by atoms with Gasteiger partial charge in [0.15, 0.2) is 9.84 Å². The number of piperidine rings is 1. The van der Waals surface area contributed by atoms with Gasteiger partial charge in [-0.3, -0.25) is 9.69 Å². The van der Waals surface area contributed by atoms with Crippen molar-refractivity contribution in [2.24, 2.45) is 0 Å². The lowest BCUT2D eigenvalue weighted by atomic mass is 10.0. The molecule has 1 fully saturated rings. The van der Waals surface area contributed by atoms with E-state index in [9.17, 15) is 18.3 Å². The molecule has 1 aliphatic heterocycles. The largest absolute Gasteiger partial charge is 0.480 e. The molecule has 4 rings (SSSR count). The summed E-state index contributed by atoms with van der Waals surface area (Å²) in [4.78, 5) is 13.9. The molecule has 6 nitrogen and oxygen atoms in total. The first-order valence-corrected chi connectivity index (χ1v) is 12.5. The number of carboxylic acid groups (broad SMARTS) is 1. The zero-order valence-electron chi connectivity index (χ0n) is 17.8. The number of rotatable bonds is 7. The molecule has 0 bridgehead atoms. The summed E-state index contributed by atoms with van der Waals surface area (Å²) < 4.78 is 32.2. The molecular formula is C25H24ClNO5S. The summed E-state index contributed by atoms with van der Waals surface area (Å²) in [5, 5.41) is 9.61. The molecule has 0 amide bonds. The number of carboxylic acids is 1. The van der Waals surface area contributed by atoms with E-state index in [1.54, 1.807) is 36.4 Å². The van der Waals surface area contributed by atoms with Gasteiger partial charge in [0.25, 0.3) is 0 Å². The SMILES string of the molecule is O=C(O)C1CC(S(=O)(=O)c2ccc(Oc3ccc(Cl)cc3)cc2)CCN1Cc1ccccc1. The summed E-state index contributed by atoms with van der Waals surface area (Å²) in [5.41, 5.74) is 1.00. The number of likely N-dealkylation sites (tertiary alicyclic amines) is 1. The maximum atomic E-state index is 13.3. The summed E-state index contributed by atoms with van der Waals surface area (Å²) in [5.74, 6) is 0.0833. The van der Waals surface area contributed by atoms with Gasteiger partial charge in [-0.25, -0.2) is 8.42 Å². The Morgan fingerprint density at radius 1 is 0.970 bits per heavy atom. The maximum absolute atomic E-state index is 13.3. The number of hydrogen-bond acceptors (Lipinski definition) is 5. The molecule has 172 valence electrons. The second kappa shape index (κ2) is 9.95. The number of ether oxygens (including phenoxy) is 1. The fraction of sp³-hybridized carbons (Fsp3) is 0.240. The molecule has 3 aromatic carbocycles. The van der Waals surface area contributed by atoms with Crippen molar-refractivity contribution < 1.29 is 23.1 Å². The van der Waals surface area contributed by atoms with Crippen LogP contribution in [0.4, 0.5) is 0 Å². The van der Waals surface area contributed by atoms with Crippen LogP contribution in [0.1, 0.15) is 18.4 Å². The summed E-state index contributed by atoms with van der Waals surface area (Å²) in [6.45, 7) is 0.870. The molecule has 2 atom stereocenters. The Kier molecular flexibility index (Phi) is 7.02. The van der Waals surface area contributed by atoms with E-state index in [1.165, 1.54) is 12.1 Å². The molecule has 1 N–H and O–H groups in total. The highest BCUT2D eigenvalue weighted by atomic mass is 35.5. The van der Waals surface area contributed by atoms with Crippen molar-refractivity contribution in [2.45, 2.75) is 35.6 Å². The van der Waals surface area contributed by atoms with Gasteiger partial charge in [0.2, 0.25) is 0 Å². The van der Waals surface area contributed by atoms with Crippen molar-refractivity contribution in [3.8, 4) is 11.5 Å². The fourth-order valence-electron chi connectivity index (χ4n) is 4.06. The maximum Gasteiger partial charge on any atom is 0.320 e. The third-order valence-electron chi connectivity index (χ3n) is 5.82. The fourth-order valence-corrected chi connectivity index (χ4v) is 5.93.